The minimum Gasteiger partial charge on any atom is -0.496 e. The molecule has 0 atom stereocenters. The van der Waals surface area contributed by atoms with Crippen LogP contribution >= 0.6 is 0 Å². The van der Waals surface area contributed by atoms with Gasteiger partial charge in [0, 0.05) is 24.8 Å². The predicted octanol–water partition coefficient (Wildman–Crippen LogP) is 2.90. The number of hydrogen-bond acceptors (Lipinski definition) is 3. The highest BCUT2D eigenvalue weighted by Gasteiger charge is 2.17. The van der Waals surface area contributed by atoms with Gasteiger partial charge in [0.25, 0.3) is 0 Å². The van der Waals surface area contributed by atoms with Crippen LogP contribution < -0.4 is 10.1 Å². The maximum absolute atomic E-state index is 5.28. The fraction of sp³-hybridized carbons (Fsp3) is 0.600. The van der Waals surface area contributed by atoms with Crippen molar-refractivity contribution in [2.75, 3.05) is 32.1 Å². The number of hydrogen-bond donors (Lipinski definition) is 1. The lowest BCUT2D eigenvalue weighted by Crippen LogP contribution is -2.38. The molecule has 1 aliphatic heterocycles. The Hall–Kier alpha value is -1.22. The maximum Gasteiger partial charge on any atom is 0.121 e. The summed E-state index contributed by atoms with van der Waals surface area (Å²) in [6.07, 6.45) is 2.47. The molecule has 0 amide bonds. The van der Waals surface area contributed by atoms with Crippen molar-refractivity contribution in [1.29, 1.82) is 0 Å². The number of piperidine rings is 1. The van der Waals surface area contributed by atoms with Gasteiger partial charge in [-0.25, -0.2) is 0 Å². The first-order valence-corrected chi connectivity index (χ1v) is 6.86. The molecule has 1 aromatic carbocycles. The fourth-order valence-electron chi connectivity index (χ4n) is 2.60. The molecule has 2 rings (SSSR count). The van der Waals surface area contributed by atoms with Crippen molar-refractivity contribution in [3.8, 4) is 5.75 Å². The summed E-state index contributed by atoms with van der Waals surface area (Å²) in [4.78, 5) is 2.51. The topological polar surface area (TPSA) is 24.5 Å². The summed E-state index contributed by atoms with van der Waals surface area (Å²) >= 11 is 0. The first-order chi connectivity index (χ1) is 8.72. The second-order valence-corrected chi connectivity index (χ2v) is 5.04. The van der Waals surface area contributed by atoms with Gasteiger partial charge in [-0.3, -0.25) is 0 Å². The van der Waals surface area contributed by atoms with Crippen molar-refractivity contribution in [1.82, 2.24) is 4.90 Å². The van der Waals surface area contributed by atoms with E-state index in [1.54, 1.807) is 7.11 Å². The number of ether oxygens (including phenoxy) is 1. The summed E-state index contributed by atoms with van der Waals surface area (Å²) in [5.74, 6) is 0.960. The van der Waals surface area contributed by atoms with E-state index in [9.17, 15) is 0 Å². The number of rotatable bonds is 4. The van der Waals surface area contributed by atoms with Crippen molar-refractivity contribution in [3.05, 3.63) is 23.8 Å². The third-order valence-corrected chi connectivity index (χ3v) is 3.80. The second-order valence-electron chi connectivity index (χ2n) is 5.04. The Labute approximate surface area is 110 Å². The summed E-state index contributed by atoms with van der Waals surface area (Å²) in [7, 11) is 1.72. The quantitative estimate of drug-likeness (QED) is 0.886. The monoisotopic (exact) mass is 248 g/mol. The molecule has 1 aliphatic rings. The zero-order valence-corrected chi connectivity index (χ0v) is 11.7. The van der Waals surface area contributed by atoms with Crippen LogP contribution in [0.4, 0.5) is 5.69 Å². The lowest BCUT2D eigenvalue weighted by Gasteiger charge is -2.32. The van der Waals surface area contributed by atoms with Crippen LogP contribution in [0.3, 0.4) is 0 Å². The van der Waals surface area contributed by atoms with E-state index in [1.807, 2.05) is 6.07 Å². The number of nitrogens with one attached hydrogen (secondary N) is 1. The Morgan fingerprint density at radius 2 is 2.06 bits per heavy atom. The highest BCUT2D eigenvalue weighted by molar-refractivity contribution is 5.51. The van der Waals surface area contributed by atoms with Crippen molar-refractivity contribution in [2.45, 2.75) is 32.7 Å². The summed E-state index contributed by atoms with van der Waals surface area (Å²) in [6, 6.07) is 6.93. The molecule has 0 bridgehead atoms. The van der Waals surface area contributed by atoms with Crippen LogP contribution in [0.15, 0.2) is 18.2 Å². The SMILES string of the molecule is CCN1CCC(Nc2ccc(OC)c(C)c2)CC1. The van der Waals surface area contributed by atoms with E-state index in [1.165, 1.54) is 43.7 Å². The molecule has 3 nitrogen and oxygen atoms in total. The van der Waals surface area contributed by atoms with E-state index < -0.39 is 0 Å². The number of aryl methyl sites for hydroxylation is 1. The van der Waals surface area contributed by atoms with Gasteiger partial charge in [0.05, 0.1) is 7.11 Å². The third kappa shape index (κ3) is 3.16. The van der Waals surface area contributed by atoms with Gasteiger partial charge in [-0.05, 0) is 50.1 Å². The van der Waals surface area contributed by atoms with E-state index in [4.69, 9.17) is 4.74 Å². The van der Waals surface area contributed by atoms with Crippen molar-refractivity contribution in [2.24, 2.45) is 0 Å². The third-order valence-electron chi connectivity index (χ3n) is 3.80. The van der Waals surface area contributed by atoms with Crippen LogP contribution in [0.5, 0.6) is 5.75 Å². The molecule has 3 heteroatoms. The van der Waals surface area contributed by atoms with Gasteiger partial charge in [-0.15, -0.1) is 0 Å². The second kappa shape index (κ2) is 6.10. The highest BCUT2D eigenvalue weighted by atomic mass is 16.5. The molecule has 1 aromatic rings. The Bertz CT molecular complexity index is 384. The summed E-state index contributed by atoms with van der Waals surface area (Å²) in [5, 5.41) is 3.64. The van der Waals surface area contributed by atoms with E-state index in [0.29, 0.717) is 6.04 Å². The van der Waals surface area contributed by atoms with Crippen LogP contribution in [0.25, 0.3) is 0 Å². The predicted molar refractivity (Wildman–Crippen MR) is 76.5 cm³/mol. The summed E-state index contributed by atoms with van der Waals surface area (Å²) in [6.45, 7) is 7.92. The Balaban J connectivity index is 1.92. The van der Waals surface area contributed by atoms with Crippen LogP contribution in [0, 0.1) is 6.92 Å². The lowest BCUT2D eigenvalue weighted by atomic mass is 10.0. The molecule has 1 heterocycles. The number of likely N-dealkylation sites (tertiary alicyclic amines) is 1. The van der Waals surface area contributed by atoms with Crippen LogP contribution in [0.2, 0.25) is 0 Å². The minimum atomic E-state index is 0.612. The number of methoxy groups -OCH3 is 1. The van der Waals surface area contributed by atoms with E-state index in [2.05, 4.69) is 36.2 Å². The molecule has 18 heavy (non-hydrogen) atoms. The maximum atomic E-state index is 5.28. The molecule has 0 aliphatic carbocycles. The van der Waals surface area contributed by atoms with Crippen LogP contribution in [0.1, 0.15) is 25.3 Å². The Kier molecular flexibility index (Phi) is 4.48. The van der Waals surface area contributed by atoms with E-state index in [0.717, 1.165) is 5.75 Å². The van der Waals surface area contributed by atoms with Gasteiger partial charge in [-0.1, -0.05) is 6.92 Å². The van der Waals surface area contributed by atoms with Gasteiger partial charge in [0.1, 0.15) is 5.75 Å². The van der Waals surface area contributed by atoms with E-state index >= 15 is 0 Å². The molecule has 1 N–H and O–H groups in total. The zero-order chi connectivity index (χ0) is 13.0. The lowest BCUT2D eigenvalue weighted by molar-refractivity contribution is 0.229. The molecular formula is C15H24N2O. The van der Waals surface area contributed by atoms with Crippen molar-refractivity contribution in [3.63, 3.8) is 0 Å². The Morgan fingerprint density at radius 3 is 2.61 bits per heavy atom. The van der Waals surface area contributed by atoms with Crippen molar-refractivity contribution >= 4 is 5.69 Å². The Morgan fingerprint density at radius 1 is 1.33 bits per heavy atom. The molecule has 100 valence electrons. The molecular weight excluding hydrogens is 224 g/mol. The van der Waals surface area contributed by atoms with Gasteiger partial charge in [0.2, 0.25) is 0 Å². The molecule has 0 radical (unpaired) electrons. The zero-order valence-electron chi connectivity index (χ0n) is 11.7. The highest BCUT2D eigenvalue weighted by Crippen LogP contribution is 2.23. The number of benzene rings is 1. The van der Waals surface area contributed by atoms with Gasteiger partial charge in [-0.2, -0.15) is 0 Å². The summed E-state index contributed by atoms with van der Waals surface area (Å²) < 4.78 is 5.28. The van der Waals surface area contributed by atoms with Gasteiger partial charge in [0.15, 0.2) is 0 Å². The first-order valence-electron chi connectivity index (χ1n) is 6.86. The van der Waals surface area contributed by atoms with Gasteiger partial charge < -0.3 is 15.0 Å². The van der Waals surface area contributed by atoms with Gasteiger partial charge >= 0.3 is 0 Å². The van der Waals surface area contributed by atoms with Crippen LogP contribution in [-0.4, -0.2) is 37.7 Å². The van der Waals surface area contributed by atoms with Crippen LogP contribution in [-0.2, 0) is 0 Å². The smallest absolute Gasteiger partial charge is 0.121 e. The average Bonchev–Trinajstić information content (AvgIpc) is 2.40. The molecule has 0 unspecified atom stereocenters. The molecule has 0 spiro atoms. The summed E-state index contributed by atoms with van der Waals surface area (Å²) in [5.41, 5.74) is 2.40. The minimum absolute atomic E-state index is 0.612. The number of nitrogens with zero attached hydrogens (tertiary/aromatic N) is 1. The molecule has 0 saturated carbocycles. The largest absolute Gasteiger partial charge is 0.496 e. The first kappa shape index (κ1) is 13.2. The van der Waals surface area contributed by atoms with E-state index in [-0.39, 0.29) is 0 Å². The standard InChI is InChI=1S/C15H24N2O/c1-4-17-9-7-13(8-10-17)16-14-5-6-15(18-3)12(2)11-14/h5-6,11,13,16H,4,7-10H2,1-3H3. The normalized spacial score (nSPS) is 17.7. The molecule has 0 aromatic heterocycles. The molecule has 1 fully saturated rings. The average molecular weight is 248 g/mol. The number of anilines is 1. The fourth-order valence-corrected chi connectivity index (χ4v) is 2.60. The molecule has 1 saturated heterocycles. The van der Waals surface area contributed by atoms with Crippen molar-refractivity contribution < 1.29 is 4.74 Å².